The lowest BCUT2D eigenvalue weighted by Gasteiger charge is -2.04. The molecule has 22 heavy (non-hydrogen) atoms. The number of oxime groups is 1. The molecule has 1 amide bonds. The Morgan fingerprint density at radius 2 is 2.18 bits per heavy atom. The van der Waals surface area contributed by atoms with Crippen LogP contribution < -0.4 is 5.32 Å². The number of nitrogens with one attached hydrogen (secondary N) is 1. The fourth-order valence-corrected chi connectivity index (χ4v) is 2.03. The van der Waals surface area contributed by atoms with E-state index < -0.39 is 34.6 Å². The van der Waals surface area contributed by atoms with Crippen molar-refractivity contribution in [3.8, 4) is 12.3 Å². The highest BCUT2D eigenvalue weighted by Crippen LogP contribution is 2.30. The monoisotopic (exact) mass is 355 g/mol. The van der Waals surface area contributed by atoms with Gasteiger partial charge < -0.3 is 9.94 Å². The summed E-state index contributed by atoms with van der Waals surface area (Å²) in [7, 11) is 0. The van der Waals surface area contributed by atoms with Crippen LogP contribution in [0.25, 0.3) is 0 Å². The summed E-state index contributed by atoms with van der Waals surface area (Å²) in [5, 5.41) is 13.0. The van der Waals surface area contributed by atoms with Crippen LogP contribution in [0.5, 0.6) is 0 Å². The minimum atomic E-state index is -5.13. The molecule has 1 rings (SSSR count). The minimum Gasteiger partial charge on any atom is -0.476 e. The third kappa shape index (κ3) is 4.61. The van der Waals surface area contributed by atoms with Crippen LogP contribution in [0.4, 0.5) is 18.3 Å². The molecule has 0 aromatic carbocycles. The van der Waals surface area contributed by atoms with Gasteiger partial charge in [0.05, 0.1) is 0 Å². The van der Waals surface area contributed by atoms with Crippen LogP contribution in [0.2, 0.25) is 4.34 Å². The molecule has 0 spiro atoms. The Balaban J connectivity index is 3.06. The van der Waals surface area contributed by atoms with Gasteiger partial charge in [-0.1, -0.05) is 34.0 Å². The summed E-state index contributed by atoms with van der Waals surface area (Å²) in [6.45, 7) is -0.337. The minimum absolute atomic E-state index is 0.303. The smallest absolute Gasteiger partial charge is 0.471 e. The van der Waals surface area contributed by atoms with Crippen LogP contribution in [-0.4, -0.2) is 40.5 Å². The van der Waals surface area contributed by atoms with Gasteiger partial charge in [-0.25, -0.2) is 9.78 Å². The summed E-state index contributed by atoms with van der Waals surface area (Å²) in [6, 6.07) is 0. The number of carbonyl (C=O) groups is 2. The molecule has 0 saturated carbocycles. The predicted molar refractivity (Wildman–Crippen MR) is 70.8 cm³/mol. The highest BCUT2D eigenvalue weighted by atomic mass is 35.5. The molecule has 0 saturated heterocycles. The lowest BCUT2D eigenvalue weighted by Crippen LogP contribution is -2.29. The van der Waals surface area contributed by atoms with E-state index in [9.17, 15) is 22.8 Å². The van der Waals surface area contributed by atoms with Crippen LogP contribution in [0, 0.1) is 12.3 Å². The van der Waals surface area contributed by atoms with Crippen molar-refractivity contribution in [1.82, 2.24) is 4.98 Å². The first kappa shape index (κ1) is 17.7. The Hall–Kier alpha value is -2.32. The number of carbonyl (C=O) groups excluding carboxylic acids is 1. The summed E-state index contributed by atoms with van der Waals surface area (Å²) >= 11 is 6.10. The van der Waals surface area contributed by atoms with Crippen molar-refractivity contribution >= 4 is 45.7 Å². The first-order valence-electron chi connectivity index (χ1n) is 5.08. The zero-order valence-corrected chi connectivity index (χ0v) is 11.8. The maximum Gasteiger partial charge on any atom is 0.471 e. The number of terminal acetylenes is 1. The molecule has 0 atom stereocenters. The quantitative estimate of drug-likeness (QED) is 0.362. The molecule has 0 bridgehead atoms. The fourth-order valence-electron chi connectivity index (χ4n) is 0.987. The van der Waals surface area contributed by atoms with Gasteiger partial charge in [0.2, 0.25) is 5.71 Å². The normalized spacial score (nSPS) is 11.7. The highest BCUT2D eigenvalue weighted by molar-refractivity contribution is 7.20. The van der Waals surface area contributed by atoms with E-state index >= 15 is 0 Å². The van der Waals surface area contributed by atoms with E-state index in [2.05, 4.69) is 15.0 Å². The van der Waals surface area contributed by atoms with E-state index in [0.717, 1.165) is 0 Å². The number of carboxylic acids is 1. The second kappa shape index (κ2) is 7.10. The predicted octanol–water partition coefficient (Wildman–Crippen LogP) is 1.74. The van der Waals surface area contributed by atoms with E-state index in [1.54, 1.807) is 0 Å². The molecule has 1 aromatic rings. The third-order valence-corrected chi connectivity index (χ3v) is 2.96. The van der Waals surface area contributed by atoms with Crippen LogP contribution in [0.15, 0.2) is 5.16 Å². The number of hydrogen-bond donors (Lipinski definition) is 2. The standard InChI is InChI=1S/C10H5ClF3N3O4S/c1-2-3-21-17-5(7(18)19)4-6(11)22-9(15-4)16-8(20)10(12,13)14/h1H,3H2,(H,18,19)(H,15,16,20). The van der Waals surface area contributed by atoms with Gasteiger partial charge in [0.25, 0.3) is 0 Å². The fraction of sp³-hybridized carbons (Fsp3) is 0.200. The number of alkyl halides is 3. The SMILES string of the molecule is C#CCON=C(C(=O)O)c1nc(NC(=O)C(F)(F)F)sc1Cl. The van der Waals surface area contributed by atoms with Gasteiger partial charge in [0.1, 0.15) is 10.0 Å². The number of thiazole rings is 1. The van der Waals surface area contributed by atoms with Gasteiger partial charge in [-0.2, -0.15) is 13.2 Å². The van der Waals surface area contributed by atoms with Crippen molar-refractivity contribution in [2.24, 2.45) is 5.16 Å². The van der Waals surface area contributed by atoms with Crippen molar-refractivity contribution in [3.05, 3.63) is 10.0 Å². The topological polar surface area (TPSA) is 101 Å². The Morgan fingerprint density at radius 1 is 1.55 bits per heavy atom. The number of halogens is 4. The Kier molecular flexibility index (Phi) is 5.72. The highest BCUT2D eigenvalue weighted by Gasteiger charge is 2.39. The second-order valence-corrected chi connectivity index (χ2v) is 4.92. The molecule has 0 unspecified atom stereocenters. The zero-order valence-electron chi connectivity index (χ0n) is 10.3. The molecule has 118 valence electrons. The molecule has 7 nitrogen and oxygen atoms in total. The van der Waals surface area contributed by atoms with Crippen LogP contribution in [0.3, 0.4) is 0 Å². The van der Waals surface area contributed by atoms with Crippen molar-refractivity contribution < 1.29 is 32.7 Å². The molecule has 0 aliphatic carbocycles. The molecule has 0 fully saturated rings. The van der Waals surface area contributed by atoms with E-state index in [1.807, 2.05) is 5.92 Å². The Bertz CT molecular complexity index is 665. The molecule has 1 heterocycles. The third-order valence-electron chi connectivity index (χ3n) is 1.79. The number of carboxylic acid groups (broad SMARTS) is 1. The summed E-state index contributed by atoms with van der Waals surface area (Å²) in [5.74, 6) is -1.85. The summed E-state index contributed by atoms with van der Waals surface area (Å²) < 4.78 is 36.0. The maximum atomic E-state index is 12.1. The van der Waals surface area contributed by atoms with Crippen LogP contribution in [-0.2, 0) is 14.4 Å². The molecule has 1 aromatic heterocycles. The Morgan fingerprint density at radius 3 is 2.68 bits per heavy atom. The summed E-state index contributed by atoms with van der Waals surface area (Å²) in [6.07, 6.45) is -0.253. The van der Waals surface area contributed by atoms with E-state index in [1.165, 1.54) is 5.32 Å². The van der Waals surface area contributed by atoms with Crippen molar-refractivity contribution in [2.45, 2.75) is 6.18 Å². The number of aliphatic carboxylic acids is 1. The molecule has 0 aliphatic rings. The largest absolute Gasteiger partial charge is 0.476 e. The number of anilines is 1. The molecule has 12 heteroatoms. The van der Waals surface area contributed by atoms with Gasteiger partial charge in [0, 0.05) is 0 Å². The zero-order chi connectivity index (χ0) is 16.9. The van der Waals surface area contributed by atoms with E-state index in [0.29, 0.717) is 11.3 Å². The van der Waals surface area contributed by atoms with Gasteiger partial charge >= 0.3 is 18.1 Å². The van der Waals surface area contributed by atoms with Gasteiger partial charge in [-0.3, -0.25) is 10.1 Å². The van der Waals surface area contributed by atoms with Crippen LogP contribution in [0.1, 0.15) is 5.69 Å². The first-order chi connectivity index (χ1) is 10.2. The Labute approximate surface area is 129 Å². The first-order valence-corrected chi connectivity index (χ1v) is 6.27. The second-order valence-electron chi connectivity index (χ2n) is 3.32. The number of rotatable bonds is 5. The number of amides is 1. The average Bonchev–Trinajstić information content (AvgIpc) is 2.74. The molecular weight excluding hydrogens is 351 g/mol. The summed E-state index contributed by atoms with van der Waals surface area (Å²) in [4.78, 5) is 29.7. The van der Waals surface area contributed by atoms with Gasteiger partial charge in [-0.05, 0) is 0 Å². The van der Waals surface area contributed by atoms with E-state index in [-0.39, 0.29) is 10.9 Å². The number of aromatic nitrogens is 1. The maximum absolute atomic E-state index is 12.1. The number of nitrogens with zero attached hydrogens (tertiary/aromatic N) is 2. The van der Waals surface area contributed by atoms with Crippen molar-refractivity contribution in [2.75, 3.05) is 11.9 Å². The summed E-state index contributed by atoms with van der Waals surface area (Å²) in [5.41, 5.74) is -1.24. The van der Waals surface area contributed by atoms with E-state index in [4.69, 9.17) is 23.1 Å². The van der Waals surface area contributed by atoms with Crippen LogP contribution >= 0.6 is 22.9 Å². The number of hydrogen-bond acceptors (Lipinski definition) is 6. The van der Waals surface area contributed by atoms with Gasteiger partial charge in [0.15, 0.2) is 11.7 Å². The molecule has 0 aliphatic heterocycles. The lowest BCUT2D eigenvalue weighted by atomic mass is 10.3. The average molecular weight is 356 g/mol. The van der Waals surface area contributed by atoms with Crippen molar-refractivity contribution in [3.63, 3.8) is 0 Å². The van der Waals surface area contributed by atoms with Crippen molar-refractivity contribution in [1.29, 1.82) is 0 Å². The van der Waals surface area contributed by atoms with Gasteiger partial charge in [-0.15, -0.1) is 6.42 Å². The molecule has 0 radical (unpaired) electrons. The molecule has 2 N–H and O–H groups in total. The molecular formula is C10H5ClF3N3O4S. The lowest BCUT2D eigenvalue weighted by molar-refractivity contribution is -0.167.